The summed E-state index contributed by atoms with van der Waals surface area (Å²) in [5.74, 6) is 0. The predicted octanol–water partition coefficient (Wildman–Crippen LogP) is 11.2. The molecule has 0 saturated heterocycles. The molecule has 0 bridgehead atoms. The van der Waals surface area contributed by atoms with Crippen LogP contribution in [0.25, 0.3) is 44.5 Å². The largest absolute Gasteiger partial charge is 0.311 e. The molecule has 43 heavy (non-hydrogen) atoms. The van der Waals surface area contributed by atoms with Gasteiger partial charge in [0.15, 0.2) is 0 Å². The minimum Gasteiger partial charge on any atom is -0.311 e. The normalized spacial score (nSPS) is 10.8. The molecule has 0 aliphatic rings. The summed E-state index contributed by atoms with van der Waals surface area (Å²) in [4.78, 5) is 6.48. The number of rotatable bonds is 7. The van der Waals surface area contributed by atoms with Crippen molar-refractivity contribution >= 4 is 17.1 Å². The Labute approximate surface area is 253 Å². The van der Waals surface area contributed by atoms with Crippen molar-refractivity contribution < 1.29 is 0 Å². The molecule has 2 nitrogen and oxygen atoms in total. The van der Waals surface area contributed by atoms with Gasteiger partial charge in [-0.25, -0.2) is 0 Å². The quantitative estimate of drug-likeness (QED) is 0.196. The molecule has 0 saturated carbocycles. The molecule has 0 aliphatic carbocycles. The standard InChI is InChI=1S/C41H30N2/c1-3-7-31(8-4-1)33-11-13-34(14-12-33)36-17-23-40(24-18-36)43(39-21-15-35(16-22-39)32-9-5-2-6-10-32)41-25-19-37(20-26-41)38-27-29-42-30-28-38/h1-30H. The van der Waals surface area contributed by atoms with Crippen LogP contribution in [-0.4, -0.2) is 4.98 Å². The summed E-state index contributed by atoms with van der Waals surface area (Å²) >= 11 is 0. The van der Waals surface area contributed by atoms with E-state index >= 15 is 0 Å². The van der Waals surface area contributed by atoms with Gasteiger partial charge in [0, 0.05) is 29.5 Å². The first-order valence-electron chi connectivity index (χ1n) is 14.5. The van der Waals surface area contributed by atoms with Crippen molar-refractivity contribution in [2.24, 2.45) is 0 Å². The highest BCUT2D eigenvalue weighted by Crippen LogP contribution is 2.37. The summed E-state index contributed by atoms with van der Waals surface area (Å²) in [6, 6.07) is 60.3. The van der Waals surface area contributed by atoms with Crippen LogP contribution in [0.4, 0.5) is 17.1 Å². The van der Waals surface area contributed by atoms with Gasteiger partial charge < -0.3 is 4.90 Å². The van der Waals surface area contributed by atoms with E-state index in [0.717, 1.165) is 22.6 Å². The number of benzene rings is 6. The van der Waals surface area contributed by atoms with Crippen LogP contribution in [0, 0.1) is 0 Å². The fourth-order valence-electron chi connectivity index (χ4n) is 5.52. The van der Waals surface area contributed by atoms with Crippen molar-refractivity contribution in [2.45, 2.75) is 0 Å². The lowest BCUT2D eigenvalue weighted by molar-refractivity contribution is 1.28. The zero-order valence-electron chi connectivity index (χ0n) is 23.7. The minimum absolute atomic E-state index is 1.10. The van der Waals surface area contributed by atoms with Gasteiger partial charge in [-0.05, 0) is 93.0 Å². The van der Waals surface area contributed by atoms with E-state index in [1.54, 1.807) is 0 Å². The van der Waals surface area contributed by atoms with Gasteiger partial charge in [-0.3, -0.25) is 4.98 Å². The van der Waals surface area contributed by atoms with E-state index in [1.807, 2.05) is 24.5 Å². The van der Waals surface area contributed by atoms with E-state index in [0.29, 0.717) is 0 Å². The molecule has 0 N–H and O–H groups in total. The average Bonchev–Trinajstić information content (AvgIpc) is 3.11. The van der Waals surface area contributed by atoms with Gasteiger partial charge in [0.25, 0.3) is 0 Å². The first-order valence-corrected chi connectivity index (χ1v) is 14.5. The molecule has 6 aromatic carbocycles. The molecule has 0 atom stereocenters. The predicted molar refractivity (Wildman–Crippen MR) is 181 cm³/mol. The Morgan fingerprint density at radius 2 is 0.512 bits per heavy atom. The number of hydrogen-bond donors (Lipinski definition) is 0. The summed E-state index contributed by atoms with van der Waals surface area (Å²) in [6.07, 6.45) is 3.67. The zero-order chi connectivity index (χ0) is 28.8. The highest BCUT2D eigenvalue weighted by molar-refractivity contribution is 5.81. The Balaban J connectivity index is 1.22. The molecule has 0 amide bonds. The van der Waals surface area contributed by atoms with Crippen LogP contribution in [-0.2, 0) is 0 Å². The Kier molecular flexibility index (Phi) is 7.32. The van der Waals surface area contributed by atoms with Crippen LogP contribution in [0.2, 0.25) is 0 Å². The summed E-state index contributed by atoms with van der Waals surface area (Å²) < 4.78 is 0. The summed E-state index contributed by atoms with van der Waals surface area (Å²) in [7, 11) is 0. The lowest BCUT2D eigenvalue weighted by atomic mass is 10.00. The number of aromatic nitrogens is 1. The summed E-state index contributed by atoms with van der Waals surface area (Å²) in [6.45, 7) is 0. The molecule has 1 heterocycles. The van der Waals surface area contributed by atoms with Crippen LogP contribution in [0.3, 0.4) is 0 Å². The van der Waals surface area contributed by atoms with Gasteiger partial charge in [0.05, 0.1) is 0 Å². The van der Waals surface area contributed by atoms with Crippen LogP contribution in [0.15, 0.2) is 182 Å². The van der Waals surface area contributed by atoms with Gasteiger partial charge in [-0.1, -0.05) is 121 Å². The van der Waals surface area contributed by atoms with Crippen LogP contribution < -0.4 is 4.90 Å². The van der Waals surface area contributed by atoms with E-state index in [2.05, 4.69) is 168 Å². The molecule has 2 heteroatoms. The van der Waals surface area contributed by atoms with Crippen molar-refractivity contribution in [1.82, 2.24) is 4.98 Å². The number of hydrogen-bond acceptors (Lipinski definition) is 2. The van der Waals surface area contributed by atoms with Crippen LogP contribution >= 0.6 is 0 Å². The van der Waals surface area contributed by atoms with Crippen molar-refractivity contribution in [3.8, 4) is 44.5 Å². The van der Waals surface area contributed by atoms with Gasteiger partial charge in [-0.15, -0.1) is 0 Å². The SMILES string of the molecule is c1ccc(-c2ccc(-c3ccc(N(c4ccc(-c5ccccc5)cc4)c4ccc(-c5ccncc5)cc4)cc3)cc2)cc1. The minimum atomic E-state index is 1.10. The molecule has 0 fully saturated rings. The molecule has 1 aromatic heterocycles. The second-order valence-corrected chi connectivity index (χ2v) is 10.5. The Morgan fingerprint density at radius 1 is 0.256 bits per heavy atom. The Bertz CT molecular complexity index is 1810. The molecule has 0 unspecified atom stereocenters. The molecular weight excluding hydrogens is 520 g/mol. The number of anilines is 3. The van der Waals surface area contributed by atoms with Gasteiger partial charge in [0.1, 0.15) is 0 Å². The maximum Gasteiger partial charge on any atom is 0.0462 e. The lowest BCUT2D eigenvalue weighted by Gasteiger charge is -2.26. The van der Waals surface area contributed by atoms with Crippen LogP contribution in [0.1, 0.15) is 0 Å². The van der Waals surface area contributed by atoms with E-state index < -0.39 is 0 Å². The van der Waals surface area contributed by atoms with Gasteiger partial charge >= 0.3 is 0 Å². The lowest BCUT2D eigenvalue weighted by Crippen LogP contribution is -2.09. The second kappa shape index (κ2) is 12.0. The topological polar surface area (TPSA) is 16.1 Å². The van der Waals surface area contributed by atoms with Crippen molar-refractivity contribution in [3.05, 3.63) is 182 Å². The van der Waals surface area contributed by atoms with Gasteiger partial charge in [-0.2, -0.15) is 0 Å². The summed E-state index contributed by atoms with van der Waals surface area (Å²) in [5, 5.41) is 0. The first kappa shape index (κ1) is 26.2. The van der Waals surface area contributed by atoms with E-state index in [9.17, 15) is 0 Å². The third-order valence-corrected chi connectivity index (χ3v) is 7.82. The van der Waals surface area contributed by atoms with Crippen molar-refractivity contribution in [3.63, 3.8) is 0 Å². The molecule has 204 valence electrons. The maximum absolute atomic E-state index is 4.16. The highest BCUT2D eigenvalue weighted by atomic mass is 15.1. The fourth-order valence-corrected chi connectivity index (χ4v) is 5.52. The van der Waals surface area contributed by atoms with Crippen molar-refractivity contribution in [2.75, 3.05) is 4.90 Å². The van der Waals surface area contributed by atoms with Gasteiger partial charge in [0.2, 0.25) is 0 Å². The van der Waals surface area contributed by atoms with E-state index in [1.165, 1.54) is 38.9 Å². The van der Waals surface area contributed by atoms with E-state index in [-0.39, 0.29) is 0 Å². The zero-order valence-corrected chi connectivity index (χ0v) is 23.7. The molecule has 0 aliphatic heterocycles. The Hall–Kier alpha value is -5.73. The molecule has 0 spiro atoms. The van der Waals surface area contributed by atoms with E-state index in [4.69, 9.17) is 0 Å². The highest BCUT2D eigenvalue weighted by Gasteiger charge is 2.14. The monoisotopic (exact) mass is 550 g/mol. The third-order valence-electron chi connectivity index (χ3n) is 7.82. The number of pyridine rings is 1. The summed E-state index contributed by atoms with van der Waals surface area (Å²) in [5.41, 5.74) is 12.9. The third kappa shape index (κ3) is 5.72. The second-order valence-electron chi connectivity index (χ2n) is 10.5. The number of nitrogens with zero attached hydrogens (tertiary/aromatic N) is 2. The average molecular weight is 551 g/mol. The first-order chi connectivity index (χ1) is 21.3. The van der Waals surface area contributed by atoms with Crippen LogP contribution in [0.5, 0.6) is 0 Å². The molecule has 0 radical (unpaired) electrons. The molecule has 7 rings (SSSR count). The molecular formula is C41H30N2. The smallest absolute Gasteiger partial charge is 0.0462 e. The fraction of sp³-hybridized carbons (Fsp3) is 0. The van der Waals surface area contributed by atoms with Crippen molar-refractivity contribution in [1.29, 1.82) is 0 Å². The maximum atomic E-state index is 4.16. The Morgan fingerprint density at radius 3 is 0.837 bits per heavy atom. The molecule has 7 aromatic rings.